The van der Waals surface area contributed by atoms with Gasteiger partial charge in [0.25, 0.3) is 5.69 Å². The van der Waals surface area contributed by atoms with Gasteiger partial charge in [-0.05, 0) is 6.07 Å². The number of halogens is 1. The molecule has 0 saturated heterocycles. The second-order valence-electron chi connectivity index (χ2n) is 3.37. The first-order valence-corrected chi connectivity index (χ1v) is 6.05. The van der Waals surface area contributed by atoms with Gasteiger partial charge < -0.3 is 0 Å². The number of alkyl halides is 1. The van der Waals surface area contributed by atoms with Gasteiger partial charge in [-0.2, -0.15) is 0 Å². The van der Waals surface area contributed by atoms with Gasteiger partial charge in [0.1, 0.15) is 0 Å². The molecule has 0 N–H and O–H groups in total. The van der Waals surface area contributed by atoms with E-state index in [4.69, 9.17) is 0 Å². The number of hydrogen-bond acceptors (Lipinski definition) is 4. The van der Waals surface area contributed by atoms with Crippen molar-refractivity contribution in [3.8, 4) is 5.69 Å². The van der Waals surface area contributed by atoms with Crippen LogP contribution in [0.1, 0.15) is 5.69 Å². The lowest BCUT2D eigenvalue weighted by Crippen LogP contribution is -1.96. The normalized spacial score (nSPS) is 10.4. The number of rotatable bonds is 4. The van der Waals surface area contributed by atoms with Crippen molar-refractivity contribution in [2.45, 2.75) is 6.42 Å². The Kier molecular flexibility index (Phi) is 3.48. The van der Waals surface area contributed by atoms with Crippen LogP contribution in [0.4, 0.5) is 5.69 Å². The third kappa shape index (κ3) is 2.68. The second kappa shape index (κ2) is 5.05. The summed E-state index contributed by atoms with van der Waals surface area (Å²) < 4.78 is 1.53. The average Bonchev–Trinajstić information content (AvgIpc) is 2.78. The van der Waals surface area contributed by atoms with Gasteiger partial charge in [-0.3, -0.25) is 10.1 Å². The summed E-state index contributed by atoms with van der Waals surface area (Å²) in [5.74, 6) is 0. The molecule has 17 heavy (non-hydrogen) atoms. The summed E-state index contributed by atoms with van der Waals surface area (Å²) in [6, 6.07) is 6.28. The predicted molar refractivity (Wildman–Crippen MR) is 65.5 cm³/mol. The zero-order valence-electron chi connectivity index (χ0n) is 8.78. The van der Waals surface area contributed by atoms with Crippen LogP contribution < -0.4 is 0 Å². The highest BCUT2D eigenvalue weighted by atomic mass is 79.9. The zero-order valence-corrected chi connectivity index (χ0v) is 10.4. The summed E-state index contributed by atoms with van der Waals surface area (Å²) in [7, 11) is 0. The van der Waals surface area contributed by atoms with Gasteiger partial charge >= 0.3 is 0 Å². The van der Waals surface area contributed by atoms with Crippen molar-refractivity contribution in [1.82, 2.24) is 15.0 Å². The molecule has 88 valence electrons. The van der Waals surface area contributed by atoms with E-state index in [0.29, 0.717) is 5.69 Å². The highest BCUT2D eigenvalue weighted by Gasteiger charge is 2.08. The molecule has 0 bridgehead atoms. The maximum Gasteiger partial charge on any atom is 0.271 e. The fourth-order valence-electron chi connectivity index (χ4n) is 1.39. The van der Waals surface area contributed by atoms with Crippen molar-refractivity contribution >= 4 is 21.6 Å². The third-order valence-electron chi connectivity index (χ3n) is 2.20. The van der Waals surface area contributed by atoms with E-state index in [9.17, 15) is 10.1 Å². The van der Waals surface area contributed by atoms with Gasteiger partial charge in [0.2, 0.25) is 0 Å². The Morgan fingerprint density at radius 2 is 2.29 bits per heavy atom. The monoisotopic (exact) mass is 296 g/mol. The Balaban J connectivity index is 2.32. The SMILES string of the molecule is O=[N+]([O-])c1cccc(-n2cc(CCBr)nn2)c1. The third-order valence-corrected chi connectivity index (χ3v) is 2.59. The molecule has 1 heterocycles. The summed E-state index contributed by atoms with van der Waals surface area (Å²) in [5, 5.41) is 19.4. The van der Waals surface area contributed by atoms with Crippen LogP contribution in [0.25, 0.3) is 5.69 Å². The van der Waals surface area contributed by atoms with E-state index in [0.717, 1.165) is 17.4 Å². The number of aromatic nitrogens is 3. The maximum absolute atomic E-state index is 10.6. The van der Waals surface area contributed by atoms with Crippen molar-refractivity contribution in [2.75, 3.05) is 5.33 Å². The smallest absolute Gasteiger partial charge is 0.258 e. The molecule has 1 aromatic heterocycles. The lowest BCUT2D eigenvalue weighted by atomic mass is 10.3. The number of nitrogens with zero attached hydrogens (tertiary/aromatic N) is 4. The minimum atomic E-state index is -0.431. The van der Waals surface area contributed by atoms with Gasteiger partial charge in [0.05, 0.1) is 22.5 Å². The molecule has 2 aromatic rings. The van der Waals surface area contributed by atoms with E-state index in [-0.39, 0.29) is 5.69 Å². The van der Waals surface area contributed by atoms with E-state index in [1.807, 2.05) is 0 Å². The molecule has 1 aromatic carbocycles. The first-order chi connectivity index (χ1) is 8.20. The Labute approximate surface area is 106 Å². The minimum absolute atomic E-state index is 0.0417. The van der Waals surface area contributed by atoms with Gasteiger partial charge in [-0.15, -0.1) is 5.10 Å². The maximum atomic E-state index is 10.6. The highest BCUT2D eigenvalue weighted by Crippen LogP contribution is 2.16. The van der Waals surface area contributed by atoms with Crippen molar-refractivity contribution in [2.24, 2.45) is 0 Å². The van der Waals surface area contributed by atoms with Crippen LogP contribution in [0.3, 0.4) is 0 Å². The largest absolute Gasteiger partial charge is 0.271 e. The molecular formula is C10H9BrN4O2. The number of hydrogen-bond donors (Lipinski definition) is 0. The van der Waals surface area contributed by atoms with E-state index >= 15 is 0 Å². The van der Waals surface area contributed by atoms with Gasteiger partial charge in [-0.25, -0.2) is 4.68 Å². The molecule has 0 aliphatic carbocycles. The van der Waals surface area contributed by atoms with Crippen LogP contribution in [0.2, 0.25) is 0 Å². The first-order valence-electron chi connectivity index (χ1n) is 4.93. The average molecular weight is 297 g/mol. The van der Waals surface area contributed by atoms with Crippen LogP contribution in [-0.4, -0.2) is 25.2 Å². The molecule has 0 atom stereocenters. The second-order valence-corrected chi connectivity index (χ2v) is 4.16. The van der Waals surface area contributed by atoms with E-state index < -0.39 is 4.92 Å². The summed E-state index contributed by atoms with van der Waals surface area (Å²) in [5.41, 5.74) is 1.51. The lowest BCUT2D eigenvalue weighted by molar-refractivity contribution is -0.384. The standard InChI is InChI=1S/C10H9BrN4O2/c11-5-4-8-7-14(13-12-8)9-2-1-3-10(6-9)15(16)17/h1-3,6-7H,4-5H2. The van der Waals surface area contributed by atoms with Crippen LogP contribution in [0.15, 0.2) is 30.5 Å². The quantitative estimate of drug-likeness (QED) is 0.492. The molecule has 6 nitrogen and oxygen atoms in total. The molecule has 0 fully saturated rings. The molecule has 0 saturated carbocycles. The van der Waals surface area contributed by atoms with Crippen LogP contribution >= 0.6 is 15.9 Å². The number of nitro benzene ring substituents is 1. The highest BCUT2D eigenvalue weighted by molar-refractivity contribution is 9.09. The molecule has 0 aliphatic heterocycles. The summed E-state index contributed by atoms with van der Waals surface area (Å²) >= 11 is 3.32. The molecule has 0 amide bonds. The summed E-state index contributed by atoms with van der Waals surface area (Å²) in [6.07, 6.45) is 2.54. The molecule has 0 radical (unpaired) electrons. The molecule has 0 unspecified atom stereocenters. The van der Waals surface area contributed by atoms with Crippen molar-refractivity contribution in [1.29, 1.82) is 0 Å². The molecule has 0 spiro atoms. The van der Waals surface area contributed by atoms with Gasteiger partial charge in [0, 0.05) is 23.9 Å². The minimum Gasteiger partial charge on any atom is -0.258 e. The van der Waals surface area contributed by atoms with E-state index in [2.05, 4.69) is 26.2 Å². The van der Waals surface area contributed by atoms with Crippen LogP contribution in [0.5, 0.6) is 0 Å². The van der Waals surface area contributed by atoms with E-state index in [1.54, 1.807) is 18.3 Å². The van der Waals surface area contributed by atoms with Crippen molar-refractivity contribution in [3.05, 3.63) is 46.3 Å². The Morgan fingerprint density at radius 1 is 1.47 bits per heavy atom. The van der Waals surface area contributed by atoms with Crippen LogP contribution in [0, 0.1) is 10.1 Å². The summed E-state index contributed by atoms with van der Waals surface area (Å²) in [6.45, 7) is 0. The molecule has 7 heteroatoms. The zero-order chi connectivity index (χ0) is 12.3. The van der Waals surface area contributed by atoms with Crippen molar-refractivity contribution < 1.29 is 4.92 Å². The number of nitro groups is 1. The fraction of sp³-hybridized carbons (Fsp3) is 0.200. The Hall–Kier alpha value is -1.76. The van der Waals surface area contributed by atoms with Gasteiger partial charge in [-0.1, -0.05) is 27.2 Å². The predicted octanol–water partition coefficient (Wildman–Crippen LogP) is 2.11. The number of non-ortho nitro benzene ring substituents is 1. The Morgan fingerprint density at radius 3 is 3.00 bits per heavy atom. The summed E-state index contributed by atoms with van der Waals surface area (Å²) in [4.78, 5) is 10.2. The Bertz CT molecular complexity index is 541. The van der Waals surface area contributed by atoms with Gasteiger partial charge in [0.15, 0.2) is 0 Å². The number of aryl methyl sites for hydroxylation is 1. The van der Waals surface area contributed by atoms with E-state index in [1.165, 1.54) is 16.8 Å². The van der Waals surface area contributed by atoms with Crippen molar-refractivity contribution in [3.63, 3.8) is 0 Å². The molecular weight excluding hydrogens is 288 g/mol. The fourth-order valence-corrected chi connectivity index (χ4v) is 1.79. The topological polar surface area (TPSA) is 73.8 Å². The first kappa shape index (κ1) is 11.7. The molecule has 2 rings (SSSR count). The number of benzene rings is 1. The molecule has 0 aliphatic rings. The lowest BCUT2D eigenvalue weighted by Gasteiger charge is -1.98. The van der Waals surface area contributed by atoms with Crippen LogP contribution in [-0.2, 0) is 6.42 Å².